The molecule has 1 amide bonds. The van der Waals surface area contributed by atoms with Crippen LogP contribution in [-0.2, 0) is 10.7 Å². The van der Waals surface area contributed by atoms with Crippen molar-refractivity contribution in [2.45, 2.75) is 26.2 Å². The smallest absolute Gasteiger partial charge is 0.303 e. The number of fused-ring (bicyclic) bond motifs is 1. The highest BCUT2D eigenvalue weighted by molar-refractivity contribution is 5.91. The van der Waals surface area contributed by atoms with E-state index in [0.717, 1.165) is 31.8 Å². The molecule has 1 aliphatic rings. The molecule has 3 aromatic rings. The van der Waals surface area contributed by atoms with Crippen molar-refractivity contribution >= 4 is 28.4 Å². The van der Waals surface area contributed by atoms with Crippen LogP contribution in [0.3, 0.4) is 0 Å². The van der Waals surface area contributed by atoms with Gasteiger partial charge in [0.15, 0.2) is 0 Å². The van der Waals surface area contributed by atoms with Gasteiger partial charge in [-0.15, -0.1) is 0 Å². The Bertz CT molecular complexity index is 1020. The molecule has 9 heteroatoms. The molecular formula is C18H18F2N6O. The molecule has 0 unspecified atom stereocenters. The Morgan fingerprint density at radius 3 is 2.59 bits per heavy atom. The van der Waals surface area contributed by atoms with Crippen molar-refractivity contribution in [3.63, 3.8) is 0 Å². The molecule has 1 aliphatic heterocycles. The zero-order valence-electron chi connectivity index (χ0n) is 14.9. The third kappa shape index (κ3) is 3.32. The fourth-order valence-corrected chi connectivity index (χ4v) is 2.93. The van der Waals surface area contributed by atoms with Gasteiger partial charge in [0.05, 0.1) is 5.52 Å². The summed E-state index contributed by atoms with van der Waals surface area (Å²) in [7, 11) is 0. The van der Waals surface area contributed by atoms with Gasteiger partial charge in [0.2, 0.25) is 11.7 Å². The van der Waals surface area contributed by atoms with Crippen molar-refractivity contribution in [2.75, 3.05) is 23.3 Å². The molecule has 0 radical (unpaired) electrons. The van der Waals surface area contributed by atoms with Crippen LogP contribution in [0.4, 0.5) is 20.4 Å². The minimum absolute atomic E-state index is 0.241. The van der Waals surface area contributed by atoms with E-state index in [1.807, 2.05) is 11.0 Å². The fourth-order valence-electron chi connectivity index (χ4n) is 2.93. The molecule has 140 valence electrons. The van der Waals surface area contributed by atoms with Crippen molar-refractivity contribution in [2.24, 2.45) is 0 Å². The number of nitrogens with zero attached hydrogens (tertiary/aromatic N) is 5. The van der Waals surface area contributed by atoms with E-state index in [4.69, 9.17) is 0 Å². The summed E-state index contributed by atoms with van der Waals surface area (Å²) >= 11 is 0. The molecule has 1 fully saturated rings. The van der Waals surface area contributed by atoms with E-state index < -0.39 is 11.7 Å². The predicted octanol–water partition coefficient (Wildman–Crippen LogP) is 3.10. The summed E-state index contributed by atoms with van der Waals surface area (Å²) in [6.45, 7) is 3.76. The topological polar surface area (TPSA) is 75.9 Å². The van der Waals surface area contributed by atoms with Crippen LogP contribution >= 0.6 is 0 Å². The van der Waals surface area contributed by atoms with E-state index >= 15 is 0 Å². The molecule has 7 nitrogen and oxygen atoms in total. The average molecular weight is 372 g/mol. The van der Waals surface area contributed by atoms with Crippen LogP contribution in [0.2, 0.25) is 0 Å². The number of rotatable bonds is 4. The van der Waals surface area contributed by atoms with Gasteiger partial charge in [0, 0.05) is 56.8 Å². The zero-order valence-corrected chi connectivity index (χ0v) is 14.9. The Labute approximate surface area is 154 Å². The highest BCUT2D eigenvalue weighted by Crippen LogP contribution is 2.30. The van der Waals surface area contributed by atoms with Crippen molar-refractivity contribution in [1.82, 2.24) is 19.5 Å². The third-order valence-electron chi connectivity index (χ3n) is 4.40. The fraction of sp³-hybridized carbons (Fsp3) is 0.333. The number of hydrogen-bond donors (Lipinski definition) is 1. The highest BCUT2D eigenvalue weighted by atomic mass is 19.3. The van der Waals surface area contributed by atoms with Crippen LogP contribution in [0, 0.1) is 0 Å². The number of amides is 1. The highest BCUT2D eigenvalue weighted by Gasteiger charge is 2.31. The number of hydrogen-bond acceptors (Lipinski definition) is 5. The lowest BCUT2D eigenvalue weighted by molar-refractivity contribution is -0.114. The number of nitrogens with one attached hydrogen (secondary N) is 1. The number of aromatic nitrogens is 4. The minimum atomic E-state index is -3.15. The third-order valence-corrected chi connectivity index (χ3v) is 4.40. The maximum atomic E-state index is 14.0. The van der Waals surface area contributed by atoms with Gasteiger partial charge in [-0.2, -0.15) is 8.78 Å². The second-order valence-corrected chi connectivity index (χ2v) is 6.63. The summed E-state index contributed by atoms with van der Waals surface area (Å²) in [5.74, 6) is -2.69. The number of carbonyl (C=O) groups excluding carboxylic acids is 1. The SMILES string of the molecule is CC(=O)Nc1cc2c(ccn2-c2cc(N3CCC3)nc(C(C)(F)F)n2)cn1. The zero-order chi connectivity index (χ0) is 19.2. The van der Waals surface area contributed by atoms with Crippen LogP contribution in [0.5, 0.6) is 0 Å². The van der Waals surface area contributed by atoms with Gasteiger partial charge in [-0.3, -0.25) is 4.79 Å². The van der Waals surface area contributed by atoms with Crippen LogP contribution in [0.15, 0.2) is 30.6 Å². The number of alkyl halides is 2. The van der Waals surface area contributed by atoms with Gasteiger partial charge < -0.3 is 14.8 Å². The second kappa shape index (κ2) is 6.26. The van der Waals surface area contributed by atoms with E-state index in [1.54, 1.807) is 29.1 Å². The molecule has 1 saturated heterocycles. The molecule has 0 saturated carbocycles. The van der Waals surface area contributed by atoms with Gasteiger partial charge in [-0.05, 0) is 12.5 Å². The molecular weight excluding hydrogens is 354 g/mol. The van der Waals surface area contributed by atoms with Crippen LogP contribution in [0.25, 0.3) is 16.7 Å². The maximum Gasteiger partial charge on any atom is 0.303 e. The molecule has 1 N–H and O–H groups in total. The van der Waals surface area contributed by atoms with Gasteiger partial charge in [-0.1, -0.05) is 0 Å². The number of pyridine rings is 1. The normalized spacial score (nSPS) is 14.3. The van der Waals surface area contributed by atoms with Crippen molar-refractivity contribution < 1.29 is 13.6 Å². The monoisotopic (exact) mass is 372 g/mol. The lowest BCUT2D eigenvalue weighted by Gasteiger charge is -2.32. The first-order valence-corrected chi connectivity index (χ1v) is 8.59. The Morgan fingerprint density at radius 2 is 1.96 bits per heavy atom. The molecule has 0 aromatic carbocycles. The number of carbonyl (C=O) groups is 1. The van der Waals surface area contributed by atoms with E-state index in [0.29, 0.717) is 23.0 Å². The van der Waals surface area contributed by atoms with Gasteiger partial charge in [0.25, 0.3) is 0 Å². The maximum absolute atomic E-state index is 14.0. The first-order chi connectivity index (χ1) is 12.8. The Kier molecular flexibility index (Phi) is 4.01. The van der Waals surface area contributed by atoms with Crippen molar-refractivity contribution in [3.8, 4) is 5.82 Å². The van der Waals surface area contributed by atoms with E-state index in [2.05, 4.69) is 20.3 Å². The second-order valence-electron chi connectivity index (χ2n) is 6.63. The minimum Gasteiger partial charge on any atom is -0.356 e. The number of halogens is 2. The van der Waals surface area contributed by atoms with Gasteiger partial charge >= 0.3 is 5.92 Å². The average Bonchev–Trinajstić information content (AvgIpc) is 2.94. The molecule has 0 atom stereocenters. The Balaban J connectivity index is 1.85. The first-order valence-electron chi connectivity index (χ1n) is 8.59. The molecule has 4 heterocycles. The molecule has 3 aromatic heterocycles. The summed E-state index contributed by atoms with van der Waals surface area (Å²) in [5, 5.41) is 3.43. The largest absolute Gasteiger partial charge is 0.356 e. The lowest BCUT2D eigenvalue weighted by Crippen LogP contribution is -2.38. The molecule has 0 spiro atoms. The van der Waals surface area contributed by atoms with Crippen LogP contribution in [-0.4, -0.2) is 38.5 Å². The van der Waals surface area contributed by atoms with E-state index in [-0.39, 0.29) is 5.91 Å². The quantitative estimate of drug-likeness (QED) is 0.762. The van der Waals surface area contributed by atoms with Gasteiger partial charge in [0.1, 0.15) is 17.5 Å². The molecule has 27 heavy (non-hydrogen) atoms. The van der Waals surface area contributed by atoms with Crippen LogP contribution in [0.1, 0.15) is 26.1 Å². The summed E-state index contributed by atoms with van der Waals surface area (Å²) in [5.41, 5.74) is 0.701. The van der Waals surface area contributed by atoms with Crippen molar-refractivity contribution in [1.29, 1.82) is 0 Å². The van der Waals surface area contributed by atoms with Crippen LogP contribution < -0.4 is 10.2 Å². The Morgan fingerprint density at radius 1 is 1.22 bits per heavy atom. The summed E-state index contributed by atoms with van der Waals surface area (Å²) < 4.78 is 29.6. The molecule has 4 rings (SSSR count). The first kappa shape index (κ1) is 17.3. The standard InChI is InChI=1S/C18H18F2N6O/c1-11(27)22-14-8-13-12(10-21-14)4-7-26(13)16-9-15(25-5-3-6-25)23-17(24-16)18(2,19)20/h4,7-10H,3,5-6H2,1-2H3,(H,21,22,27). The molecule has 0 aliphatic carbocycles. The Hall–Kier alpha value is -3.10. The molecule has 0 bridgehead atoms. The predicted molar refractivity (Wildman–Crippen MR) is 97.4 cm³/mol. The summed E-state index contributed by atoms with van der Waals surface area (Å²) in [4.78, 5) is 25.6. The van der Waals surface area contributed by atoms with Crippen molar-refractivity contribution in [3.05, 3.63) is 36.4 Å². The number of anilines is 2. The summed E-state index contributed by atoms with van der Waals surface area (Å²) in [6.07, 6.45) is 4.36. The van der Waals surface area contributed by atoms with Gasteiger partial charge in [-0.25, -0.2) is 15.0 Å². The van der Waals surface area contributed by atoms with E-state index in [1.165, 1.54) is 6.92 Å². The van der Waals surface area contributed by atoms with E-state index in [9.17, 15) is 13.6 Å². The lowest BCUT2D eigenvalue weighted by atomic mass is 10.2. The summed E-state index contributed by atoms with van der Waals surface area (Å²) in [6, 6.07) is 5.20.